The lowest BCUT2D eigenvalue weighted by Crippen LogP contribution is -2.38. The van der Waals surface area contributed by atoms with Crippen molar-refractivity contribution >= 4 is 0 Å². The van der Waals surface area contributed by atoms with Crippen LogP contribution in [0.4, 0.5) is 0 Å². The van der Waals surface area contributed by atoms with Crippen LogP contribution in [-0.2, 0) is 9.47 Å². The summed E-state index contributed by atoms with van der Waals surface area (Å²) in [5.74, 6) is 1.58. The van der Waals surface area contributed by atoms with Crippen molar-refractivity contribution in [2.75, 3.05) is 32.8 Å². The zero-order valence-electron chi connectivity index (χ0n) is 11.9. The molecule has 0 aromatic heterocycles. The Morgan fingerprint density at radius 1 is 1.11 bits per heavy atom. The molecule has 0 radical (unpaired) electrons. The van der Waals surface area contributed by atoms with Gasteiger partial charge in [0.25, 0.3) is 0 Å². The summed E-state index contributed by atoms with van der Waals surface area (Å²) in [7, 11) is 0. The zero-order chi connectivity index (χ0) is 13.1. The molecule has 0 aromatic carbocycles. The fraction of sp³-hybridized carbons (Fsp3) is 1.00. The molecule has 1 aliphatic carbocycles. The smallest absolute Gasteiger partial charge is 0.157 e. The number of likely N-dealkylation sites (tertiary alicyclic amines) is 1. The largest absolute Gasteiger partial charge is 0.353 e. The summed E-state index contributed by atoms with van der Waals surface area (Å²) in [5.41, 5.74) is 6.25. The quantitative estimate of drug-likeness (QED) is 0.841. The summed E-state index contributed by atoms with van der Waals surface area (Å²) in [6, 6.07) is 0.436. The molecule has 2 saturated heterocycles. The minimum absolute atomic E-state index is 0.0564. The summed E-state index contributed by atoms with van der Waals surface area (Å²) in [5, 5.41) is 0. The van der Waals surface area contributed by atoms with Crippen molar-refractivity contribution in [1.82, 2.24) is 4.90 Å². The van der Waals surface area contributed by atoms with Crippen LogP contribution in [0, 0.1) is 11.8 Å². The van der Waals surface area contributed by atoms with Gasteiger partial charge in [0, 0.05) is 32.3 Å². The lowest BCUT2D eigenvalue weighted by Gasteiger charge is -2.29. The maximum atomic E-state index is 6.25. The second kappa shape index (κ2) is 6.53. The molecule has 4 heteroatoms. The maximum absolute atomic E-state index is 6.25. The zero-order valence-corrected chi connectivity index (χ0v) is 11.9. The van der Waals surface area contributed by atoms with Gasteiger partial charge in [-0.2, -0.15) is 0 Å². The van der Waals surface area contributed by atoms with Crippen molar-refractivity contribution in [3.05, 3.63) is 0 Å². The van der Waals surface area contributed by atoms with E-state index in [9.17, 15) is 0 Å². The van der Waals surface area contributed by atoms with E-state index < -0.39 is 0 Å². The molecule has 2 heterocycles. The Hall–Kier alpha value is -0.160. The van der Waals surface area contributed by atoms with Gasteiger partial charge >= 0.3 is 0 Å². The molecule has 2 N–H and O–H groups in total. The molecule has 3 fully saturated rings. The fourth-order valence-electron chi connectivity index (χ4n) is 3.95. The van der Waals surface area contributed by atoms with Gasteiger partial charge in [-0.05, 0) is 43.9 Å². The van der Waals surface area contributed by atoms with Gasteiger partial charge in [-0.1, -0.05) is 6.42 Å². The van der Waals surface area contributed by atoms with Crippen LogP contribution < -0.4 is 5.73 Å². The fourth-order valence-corrected chi connectivity index (χ4v) is 3.95. The van der Waals surface area contributed by atoms with Crippen molar-refractivity contribution in [2.45, 2.75) is 50.9 Å². The average Bonchev–Trinajstić information content (AvgIpc) is 2.84. The van der Waals surface area contributed by atoms with Gasteiger partial charge in [-0.15, -0.1) is 0 Å². The highest BCUT2D eigenvalue weighted by atomic mass is 16.7. The van der Waals surface area contributed by atoms with Crippen LogP contribution in [0.3, 0.4) is 0 Å². The predicted octanol–water partition coefficient (Wildman–Crippen LogP) is 1.59. The number of hydrogen-bond donors (Lipinski definition) is 1. The van der Waals surface area contributed by atoms with E-state index >= 15 is 0 Å². The van der Waals surface area contributed by atoms with Crippen LogP contribution in [0.15, 0.2) is 0 Å². The van der Waals surface area contributed by atoms with E-state index in [1.807, 2.05) is 0 Å². The third-order valence-electron chi connectivity index (χ3n) is 5.08. The summed E-state index contributed by atoms with van der Waals surface area (Å²) in [6.45, 7) is 5.13. The number of nitrogens with two attached hydrogens (primary N) is 1. The Morgan fingerprint density at radius 3 is 2.84 bits per heavy atom. The predicted molar refractivity (Wildman–Crippen MR) is 74.8 cm³/mol. The lowest BCUT2D eigenvalue weighted by molar-refractivity contribution is -0.163. The lowest BCUT2D eigenvalue weighted by atomic mass is 9.78. The summed E-state index contributed by atoms with van der Waals surface area (Å²) in [6.07, 6.45) is 7.48. The van der Waals surface area contributed by atoms with Gasteiger partial charge in [0.2, 0.25) is 0 Å². The molecule has 4 atom stereocenters. The second-order valence-electron chi connectivity index (χ2n) is 6.45. The van der Waals surface area contributed by atoms with Crippen molar-refractivity contribution in [3.8, 4) is 0 Å². The number of nitrogens with zero attached hydrogens (tertiary/aromatic N) is 1. The first-order valence-electron chi connectivity index (χ1n) is 8.04. The summed E-state index contributed by atoms with van der Waals surface area (Å²) >= 11 is 0. The van der Waals surface area contributed by atoms with Crippen molar-refractivity contribution in [1.29, 1.82) is 0 Å². The van der Waals surface area contributed by atoms with Crippen LogP contribution in [-0.4, -0.2) is 50.1 Å². The molecule has 19 heavy (non-hydrogen) atoms. The molecule has 3 rings (SSSR count). The van der Waals surface area contributed by atoms with Crippen molar-refractivity contribution in [3.63, 3.8) is 0 Å². The Balaban J connectivity index is 1.37. The van der Waals surface area contributed by atoms with E-state index in [1.165, 1.54) is 45.2 Å². The first-order chi connectivity index (χ1) is 9.33. The highest BCUT2D eigenvalue weighted by Gasteiger charge is 2.38. The van der Waals surface area contributed by atoms with E-state index in [1.54, 1.807) is 0 Å². The van der Waals surface area contributed by atoms with E-state index in [0.29, 0.717) is 6.04 Å². The Labute approximate surface area is 116 Å². The minimum atomic E-state index is 0.0564. The van der Waals surface area contributed by atoms with Gasteiger partial charge in [0.15, 0.2) is 6.29 Å². The maximum Gasteiger partial charge on any atom is 0.157 e. The number of rotatable bonds is 4. The highest BCUT2D eigenvalue weighted by Crippen LogP contribution is 2.35. The minimum Gasteiger partial charge on any atom is -0.353 e. The summed E-state index contributed by atoms with van der Waals surface area (Å²) < 4.78 is 11.4. The van der Waals surface area contributed by atoms with E-state index in [-0.39, 0.29) is 6.29 Å². The Bertz CT molecular complexity index is 281. The molecule has 3 aliphatic rings. The van der Waals surface area contributed by atoms with Gasteiger partial charge in [0.05, 0.1) is 6.61 Å². The van der Waals surface area contributed by atoms with Gasteiger partial charge in [-0.25, -0.2) is 0 Å². The topological polar surface area (TPSA) is 47.7 Å². The average molecular weight is 268 g/mol. The van der Waals surface area contributed by atoms with Crippen LogP contribution >= 0.6 is 0 Å². The van der Waals surface area contributed by atoms with E-state index in [2.05, 4.69) is 4.90 Å². The number of fused-ring (bicyclic) bond motifs is 1. The first kappa shape index (κ1) is 13.8. The monoisotopic (exact) mass is 268 g/mol. The third kappa shape index (κ3) is 3.48. The molecule has 0 amide bonds. The molecule has 110 valence electrons. The standard InChI is InChI=1S/C15H28N2O2/c16-14-5-3-4-12-10-17(11-13(12)14)7-9-19-15-6-1-2-8-18-15/h12-15H,1-11,16H2. The van der Waals surface area contributed by atoms with E-state index in [0.717, 1.165) is 38.0 Å². The van der Waals surface area contributed by atoms with Crippen LogP contribution in [0.1, 0.15) is 38.5 Å². The summed E-state index contributed by atoms with van der Waals surface area (Å²) in [4.78, 5) is 2.54. The van der Waals surface area contributed by atoms with Crippen LogP contribution in [0.2, 0.25) is 0 Å². The number of hydrogen-bond acceptors (Lipinski definition) is 4. The molecule has 0 spiro atoms. The Kier molecular flexibility index (Phi) is 4.74. The molecule has 0 aromatic rings. The van der Waals surface area contributed by atoms with E-state index in [4.69, 9.17) is 15.2 Å². The van der Waals surface area contributed by atoms with Gasteiger partial charge in [-0.3, -0.25) is 0 Å². The third-order valence-corrected chi connectivity index (χ3v) is 5.08. The molecular weight excluding hydrogens is 240 g/mol. The molecule has 4 nitrogen and oxygen atoms in total. The van der Waals surface area contributed by atoms with Gasteiger partial charge < -0.3 is 20.1 Å². The van der Waals surface area contributed by atoms with Crippen molar-refractivity contribution < 1.29 is 9.47 Å². The molecule has 4 unspecified atom stereocenters. The van der Waals surface area contributed by atoms with Crippen LogP contribution in [0.5, 0.6) is 0 Å². The molecule has 0 bridgehead atoms. The molecule has 2 aliphatic heterocycles. The van der Waals surface area contributed by atoms with Crippen molar-refractivity contribution in [2.24, 2.45) is 17.6 Å². The van der Waals surface area contributed by atoms with Gasteiger partial charge in [0.1, 0.15) is 0 Å². The highest BCUT2D eigenvalue weighted by molar-refractivity contribution is 4.92. The normalized spacial score (nSPS) is 40.3. The Morgan fingerprint density at radius 2 is 2.05 bits per heavy atom. The molecule has 1 saturated carbocycles. The molecular formula is C15H28N2O2. The SMILES string of the molecule is NC1CCCC2CN(CCOC3CCCCO3)CC12. The number of ether oxygens (including phenoxy) is 2. The second-order valence-corrected chi connectivity index (χ2v) is 6.45. The van der Waals surface area contributed by atoms with Crippen LogP contribution in [0.25, 0.3) is 0 Å². The first-order valence-corrected chi connectivity index (χ1v) is 8.04.